The number of aromatic amines is 1. The van der Waals surface area contributed by atoms with Gasteiger partial charge in [-0.3, -0.25) is 19.5 Å². The summed E-state index contributed by atoms with van der Waals surface area (Å²) >= 11 is 11.2. The van der Waals surface area contributed by atoms with Gasteiger partial charge in [0.15, 0.2) is 4.77 Å². The zero-order valence-electron chi connectivity index (χ0n) is 13.7. The molecule has 0 saturated carbocycles. The van der Waals surface area contributed by atoms with Crippen LogP contribution in [-0.4, -0.2) is 21.0 Å². The summed E-state index contributed by atoms with van der Waals surface area (Å²) in [5.74, 6) is 0. The summed E-state index contributed by atoms with van der Waals surface area (Å²) in [6.45, 7) is 0.539. The van der Waals surface area contributed by atoms with Crippen molar-refractivity contribution in [3.8, 4) is 6.07 Å². The van der Waals surface area contributed by atoms with Crippen LogP contribution in [0.2, 0.25) is 5.02 Å². The van der Waals surface area contributed by atoms with Crippen molar-refractivity contribution in [1.82, 2.24) is 9.55 Å². The lowest BCUT2D eigenvalue weighted by Crippen LogP contribution is -2.25. The molecule has 0 fully saturated rings. The summed E-state index contributed by atoms with van der Waals surface area (Å²) < 4.78 is 1.65. The van der Waals surface area contributed by atoms with E-state index in [0.29, 0.717) is 28.2 Å². The summed E-state index contributed by atoms with van der Waals surface area (Å²) in [6.07, 6.45) is 0. The first-order valence-electron chi connectivity index (χ1n) is 7.75. The van der Waals surface area contributed by atoms with Crippen LogP contribution in [0.5, 0.6) is 0 Å². The number of nitro benzene ring substituents is 1. The van der Waals surface area contributed by atoms with Crippen LogP contribution >= 0.6 is 23.8 Å². The molecule has 3 aromatic rings. The number of non-ortho nitro benzene ring substituents is 1. The van der Waals surface area contributed by atoms with Crippen LogP contribution in [0.3, 0.4) is 0 Å². The van der Waals surface area contributed by atoms with Gasteiger partial charge in [-0.15, -0.1) is 0 Å². The summed E-state index contributed by atoms with van der Waals surface area (Å²) in [5.41, 5.74) is 0.734. The Labute approximate surface area is 162 Å². The van der Waals surface area contributed by atoms with Crippen LogP contribution in [0, 0.1) is 26.2 Å². The first kappa shape index (κ1) is 18.6. The molecule has 2 aromatic carbocycles. The standard InChI is InChI=1S/C17H12ClN5O3S/c18-11-1-3-13-15(8-11)21-17(27)22(16(13)24)6-5-20-14-4-2-12(23(25)26)7-10(14)9-19/h1-4,7-8,20H,5-6H2,(H,21,27). The number of benzene rings is 2. The molecule has 3 rings (SSSR count). The van der Waals surface area contributed by atoms with Crippen molar-refractivity contribution >= 4 is 46.1 Å². The van der Waals surface area contributed by atoms with Gasteiger partial charge in [0.25, 0.3) is 11.2 Å². The molecule has 0 amide bonds. The normalized spacial score (nSPS) is 10.5. The molecule has 0 atom stereocenters. The summed E-state index contributed by atoms with van der Waals surface area (Å²) in [6, 6.07) is 10.8. The molecule has 0 aliphatic rings. The highest BCUT2D eigenvalue weighted by atomic mass is 35.5. The fraction of sp³-hybridized carbons (Fsp3) is 0.118. The maximum absolute atomic E-state index is 12.6. The van der Waals surface area contributed by atoms with Crippen LogP contribution in [-0.2, 0) is 6.54 Å². The SMILES string of the molecule is N#Cc1cc([N+](=O)[O-])ccc1NCCn1c(=S)[nH]c2cc(Cl)ccc2c1=O. The van der Waals surface area contributed by atoms with Gasteiger partial charge in [0, 0.05) is 30.2 Å². The predicted octanol–water partition coefficient (Wildman–Crippen LogP) is 3.60. The number of nitrogens with one attached hydrogen (secondary N) is 2. The maximum atomic E-state index is 12.6. The number of nitriles is 1. The lowest BCUT2D eigenvalue weighted by Gasteiger charge is -2.11. The third-order valence-electron chi connectivity index (χ3n) is 3.93. The summed E-state index contributed by atoms with van der Waals surface area (Å²) in [7, 11) is 0. The molecule has 0 unspecified atom stereocenters. The van der Waals surface area contributed by atoms with Crippen molar-refractivity contribution in [2.75, 3.05) is 11.9 Å². The zero-order valence-corrected chi connectivity index (χ0v) is 15.3. The number of hydrogen-bond acceptors (Lipinski definition) is 6. The number of nitro groups is 1. The van der Waals surface area contributed by atoms with E-state index in [4.69, 9.17) is 29.1 Å². The zero-order chi connectivity index (χ0) is 19.6. The Balaban J connectivity index is 1.83. The number of anilines is 1. The largest absolute Gasteiger partial charge is 0.382 e. The van der Waals surface area contributed by atoms with Crippen LogP contribution in [0.4, 0.5) is 11.4 Å². The van der Waals surface area contributed by atoms with E-state index in [0.717, 1.165) is 0 Å². The molecular formula is C17H12ClN5O3S. The van der Waals surface area contributed by atoms with E-state index in [9.17, 15) is 14.9 Å². The van der Waals surface area contributed by atoms with Gasteiger partial charge >= 0.3 is 0 Å². The topological polar surface area (TPSA) is 117 Å². The molecule has 10 heteroatoms. The van der Waals surface area contributed by atoms with Gasteiger partial charge < -0.3 is 10.3 Å². The van der Waals surface area contributed by atoms with Crippen LogP contribution in [0.25, 0.3) is 10.9 Å². The number of fused-ring (bicyclic) bond motifs is 1. The lowest BCUT2D eigenvalue weighted by molar-refractivity contribution is -0.384. The van der Waals surface area contributed by atoms with Crippen LogP contribution in [0.15, 0.2) is 41.2 Å². The van der Waals surface area contributed by atoms with Crippen LogP contribution < -0.4 is 10.9 Å². The Morgan fingerprint density at radius 2 is 2.11 bits per heavy atom. The van der Waals surface area contributed by atoms with Crippen molar-refractivity contribution in [1.29, 1.82) is 5.26 Å². The number of H-pyrrole nitrogens is 1. The molecule has 136 valence electrons. The van der Waals surface area contributed by atoms with Crippen molar-refractivity contribution < 1.29 is 4.92 Å². The number of nitrogens with zero attached hydrogens (tertiary/aromatic N) is 3. The van der Waals surface area contributed by atoms with E-state index >= 15 is 0 Å². The maximum Gasteiger partial charge on any atom is 0.270 e. The monoisotopic (exact) mass is 401 g/mol. The minimum absolute atomic E-state index is 0.148. The molecule has 27 heavy (non-hydrogen) atoms. The molecule has 0 aliphatic carbocycles. The van der Waals surface area contributed by atoms with Gasteiger partial charge in [-0.1, -0.05) is 11.6 Å². The summed E-state index contributed by atoms with van der Waals surface area (Å²) in [5, 5.41) is 23.9. The molecule has 1 heterocycles. The Bertz CT molecular complexity index is 1210. The van der Waals surface area contributed by atoms with Crippen molar-refractivity contribution in [2.24, 2.45) is 0 Å². The Morgan fingerprint density at radius 3 is 2.81 bits per heavy atom. The molecule has 0 aliphatic heterocycles. The molecule has 1 aromatic heterocycles. The van der Waals surface area contributed by atoms with Crippen molar-refractivity contribution in [3.05, 3.63) is 72.2 Å². The van der Waals surface area contributed by atoms with E-state index < -0.39 is 4.92 Å². The van der Waals surface area contributed by atoms with E-state index in [2.05, 4.69) is 10.3 Å². The van der Waals surface area contributed by atoms with E-state index in [-0.39, 0.29) is 28.1 Å². The van der Waals surface area contributed by atoms with E-state index in [1.54, 1.807) is 18.2 Å². The fourth-order valence-corrected chi connectivity index (χ4v) is 3.08. The highest BCUT2D eigenvalue weighted by molar-refractivity contribution is 7.71. The Morgan fingerprint density at radius 1 is 1.33 bits per heavy atom. The third-order valence-corrected chi connectivity index (χ3v) is 4.49. The molecule has 0 spiro atoms. The predicted molar refractivity (Wildman–Crippen MR) is 105 cm³/mol. The quantitative estimate of drug-likeness (QED) is 0.383. The van der Waals surface area contributed by atoms with Gasteiger partial charge in [-0.2, -0.15) is 5.26 Å². The minimum atomic E-state index is -0.565. The molecule has 0 radical (unpaired) electrons. The molecule has 0 bridgehead atoms. The minimum Gasteiger partial charge on any atom is -0.382 e. The van der Waals surface area contributed by atoms with Gasteiger partial charge in [0.05, 0.1) is 27.1 Å². The molecule has 2 N–H and O–H groups in total. The first-order chi connectivity index (χ1) is 12.9. The first-order valence-corrected chi connectivity index (χ1v) is 8.54. The van der Waals surface area contributed by atoms with Gasteiger partial charge in [-0.05, 0) is 36.5 Å². The fourth-order valence-electron chi connectivity index (χ4n) is 2.62. The van der Waals surface area contributed by atoms with Crippen molar-refractivity contribution in [3.63, 3.8) is 0 Å². The smallest absolute Gasteiger partial charge is 0.270 e. The number of hydrogen-bond donors (Lipinski definition) is 2. The van der Waals surface area contributed by atoms with E-state index in [1.165, 1.54) is 22.8 Å². The molecule has 0 saturated heterocycles. The van der Waals surface area contributed by atoms with Gasteiger partial charge in [-0.25, -0.2) is 0 Å². The highest BCUT2D eigenvalue weighted by Gasteiger charge is 2.11. The average molecular weight is 402 g/mol. The number of aromatic nitrogens is 2. The lowest BCUT2D eigenvalue weighted by atomic mass is 10.1. The van der Waals surface area contributed by atoms with Gasteiger partial charge in [0.1, 0.15) is 6.07 Å². The highest BCUT2D eigenvalue weighted by Crippen LogP contribution is 2.21. The number of halogens is 1. The second-order valence-corrected chi connectivity index (χ2v) is 6.43. The Hall–Kier alpha value is -3.22. The summed E-state index contributed by atoms with van der Waals surface area (Å²) in [4.78, 5) is 25.8. The molecular weight excluding hydrogens is 390 g/mol. The second kappa shape index (κ2) is 7.57. The average Bonchev–Trinajstić information content (AvgIpc) is 2.64. The third kappa shape index (κ3) is 3.81. The second-order valence-electron chi connectivity index (χ2n) is 5.60. The number of rotatable bonds is 5. The molecule has 8 nitrogen and oxygen atoms in total. The van der Waals surface area contributed by atoms with Gasteiger partial charge in [0.2, 0.25) is 0 Å². The van der Waals surface area contributed by atoms with Crippen LogP contribution in [0.1, 0.15) is 5.56 Å². The van der Waals surface area contributed by atoms with E-state index in [1.807, 2.05) is 6.07 Å². The van der Waals surface area contributed by atoms with Crippen molar-refractivity contribution in [2.45, 2.75) is 6.54 Å². The Kier molecular flexibility index (Phi) is 5.21.